The van der Waals surface area contributed by atoms with Gasteiger partial charge in [-0.25, -0.2) is 0 Å². The Morgan fingerprint density at radius 1 is 1.10 bits per heavy atom. The second-order valence-electron chi connectivity index (χ2n) is 5.67. The predicted octanol–water partition coefficient (Wildman–Crippen LogP) is 2.48. The van der Waals surface area contributed by atoms with E-state index in [-0.39, 0.29) is 12.1 Å². The van der Waals surface area contributed by atoms with E-state index in [1.165, 1.54) is 5.56 Å². The molecule has 1 N–H and O–H groups in total. The number of rotatable bonds is 10. The van der Waals surface area contributed by atoms with Gasteiger partial charge in [0.2, 0.25) is 0 Å². The average Bonchev–Trinajstić information content (AvgIpc) is 2.46. The van der Waals surface area contributed by atoms with Gasteiger partial charge in [0.05, 0.1) is 32.0 Å². The fourth-order valence-corrected chi connectivity index (χ4v) is 2.09. The van der Waals surface area contributed by atoms with Crippen molar-refractivity contribution in [1.82, 2.24) is 4.90 Å². The van der Waals surface area contributed by atoms with Gasteiger partial charge in [-0.2, -0.15) is 0 Å². The van der Waals surface area contributed by atoms with E-state index < -0.39 is 6.10 Å². The van der Waals surface area contributed by atoms with Crippen LogP contribution in [0, 0.1) is 0 Å². The third-order valence-corrected chi connectivity index (χ3v) is 3.43. The van der Waals surface area contributed by atoms with E-state index in [9.17, 15) is 5.11 Å². The van der Waals surface area contributed by atoms with Gasteiger partial charge < -0.3 is 14.6 Å². The van der Waals surface area contributed by atoms with Gasteiger partial charge in [-0.1, -0.05) is 30.3 Å². The molecule has 120 valence electrons. The van der Waals surface area contributed by atoms with Crippen LogP contribution in [0.5, 0.6) is 0 Å². The molecule has 1 rings (SSSR count). The molecule has 0 unspecified atom stereocenters. The molecule has 0 bridgehead atoms. The Balaban J connectivity index is 2.22. The molecule has 0 amide bonds. The highest BCUT2D eigenvalue weighted by molar-refractivity contribution is 5.18. The fraction of sp³-hybridized carbons (Fsp3) is 0.647. The van der Waals surface area contributed by atoms with Gasteiger partial charge in [0.15, 0.2) is 0 Å². The Bertz CT molecular complexity index is 370. The van der Waals surface area contributed by atoms with Gasteiger partial charge in [-0.05, 0) is 33.4 Å². The van der Waals surface area contributed by atoms with Crippen molar-refractivity contribution in [1.29, 1.82) is 0 Å². The van der Waals surface area contributed by atoms with E-state index >= 15 is 0 Å². The topological polar surface area (TPSA) is 41.9 Å². The Morgan fingerprint density at radius 2 is 1.76 bits per heavy atom. The van der Waals surface area contributed by atoms with Crippen molar-refractivity contribution >= 4 is 0 Å². The summed E-state index contributed by atoms with van der Waals surface area (Å²) in [6.45, 7) is 8.14. The minimum Gasteiger partial charge on any atom is -0.389 e. The summed E-state index contributed by atoms with van der Waals surface area (Å²) in [7, 11) is 2.02. The summed E-state index contributed by atoms with van der Waals surface area (Å²) < 4.78 is 10.8. The van der Waals surface area contributed by atoms with Crippen molar-refractivity contribution in [2.45, 2.75) is 39.0 Å². The summed E-state index contributed by atoms with van der Waals surface area (Å²) >= 11 is 0. The number of aliphatic hydroxyl groups excluding tert-OH is 1. The summed E-state index contributed by atoms with van der Waals surface area (Å²) in [6.07, 6.45) is -0.267. The first-order valence-corrected chi connectivity index (χ1v) is 7.63. The number of nitrogens with zero attached hydrogens (tertiary/aromatic N) is 1. The van der Waals surface area contributed by atoms with E-state index in [4.69, 9.17) is 9.47 Å². The van der Waals surface area contributed by atoms with Crippen LogP contribution in [0.15, 0.2) is 30.3 Å². The fourth-order valence-electron chi connectivity index (χ4n) is 2.09. The molecule has 4 heteroatoms. The van der Waals surface area contributed by atoms with E-state index in [2.05, 4.69) is 24.0 Å². The van der Waals surface area contributed by atoms with E-state index in [0.29, 0.717) is 26.4 Å². The number of hydrogen-bond donors (Lipinski definition) is 1. The molecule has 0 aliphatic carbocycles. The Hall–Kier alpha value is -0.940. The van der Waals surface area contributed by atoms with Crippen LogP contribution in [0.25, 0.3) is 0 Å². The van der Waals surface area contributed by atoms with Crippen LogP contribution in [-0.4, -0.2) is 55.6 Å². The zero-order valence-corrected chi connectivity index (χ0v) is 13.7. The van der Waals surface area contributed by atoms with Crippen LogP contribution >= 0.6 is 0 Å². The molecule has 0 heterocycles. The number of benzene rings is 1. The lowest BCUT2D eigenvalue weighted by Crippen LogP contribution is -2.34. The van der Waals surface area contributed by atoms with Crippen LogP contribution in [0.2, 0.25) is 0 Å². The molecule has 0 fully saturated rings. The number of aliphatic hydroxyl groups is 1. The highest BCUT2D eigenvalue weighted by Gasteiger charge is 2.15. The standard InChI is InChI=1S/C17H29NO3/c1-14(2)21-11-10-20-13-17(19)12-18(4)15(3)16-8-6-5-7-9-16/h5-9,14-15,17,19H,10-13H2,1-4H3/t15-,17+/m0/s1. The van der Waals surface area contributed by atoms with Crippen LogP contribution in [-0.2, 0) is 9.47 Å². The minimum absolute atomic E-state index is 0.219. The Labute approximate surface area is 128 Å². The van der Waals surface area contributed by atoms with Crippen molar-refractivity contribution in [2.24, 2.45) is 0 Å². The summed E-state index contributed by atoms with van der Waals surface area (Å²) in [5, 5.41) is 10.0. The third kappa shape index (κ3) is 7.58. The summed E-state index contributed by atoms with van der Waals surface area (Å²) in [6, 6.07) is 10.6. The van der Waals surface area contributed by atoms with Crippen LogP contribution in [0.4, 0.5) is 0 Å². The van der Waals surface area contributed by atoms with Crippen molar-refractivity contribution in [3.63, 3.8) is 0 Å². The summed E-state index contributed by atoms with van der Waals surface area (Å²) in [5.74, 6) is 0. The van der Waals surface area contributed by atoms with Crippen molar-refractivity contribution < 1.29 is 14.6 Å². The molecule has 0 aliphatic rings. The largest absolute Gasteiger partial charge is 0.389 e. The molecule has 0 aromatic heterocycles. The lowest BCUT2D eigenvalue weighted by atomic mass is 10.1. The van der Waals surface area contributed by atoms with Gasteiger partial charge in [0.1, 0.15) is 0 Å². The predicted molar refractivity (Wildman–Crippen MR) is 85.4 cm³/mol. The minimum atomic E-state index is -0.486. The maximum Gasteiger partial charge on any atom is 0.0900 e. The summed E-state index contributed by atoms with van der Waals surface area (Å²) in [5.41, 5.74) is 1.25. The van der Waals surface area contributed by atoms with E-state index in [0.717, 1.165) is 0 Å². The molecule has 0 saturated carbocycles. The van der Waals surface area contributed by atoms with Crippen LogP contribution in [0.1, 0.15) is 32.4 Å². The normalized spacial score (nSPS) is 14.6. The highest BCUT2D eigenvalue weighted by atomic mass is 16.5. The van der Waals surface area contributed by atoms with E-state index in [1.54, 1.807) is 0 Å². The molecule has 4 nitrogen and oxygen atoms in total. The average molecular weight is 295 g/mol. The highest BCUT2D eigenvalue weighted by Crippen LogP contribution is 2.18. The van der Waals surface area contributed by atoms with Crippen molar-refractivity contribution in [3.8, 4) is 0 Å². The first-order valence-electron chi connectivity index (χ1n) is 7.63. The maximum absolute atomic E-state index is 10.0. The zero-order chi connectivity index (χ0) is 15.7. The molecule has 0 saturated heterocycles. The molecular formula is C17H29NO3. The second-order valence-corrected chi connectivity index (χ2v) is 5.67. The van der Waals surface area contributed by atoms with Gasteiger partial charge >= 0.3 is 0 Å². The van der Waals surface area contributed by atoms with Crippen LogP contribution < -0.4 is 0 Å². The van der Waals surface area contributed by atoms with Gasteiger partial charge in [0.25, 0.3) is 0 Å². The van der Waals surface area contributed by atoms with Gasteiger partial charge in [-0.15, -0.1) is 0 Å². The van der Waals surface area contributed by atoms with E-state index in [1.807, 2.05) is 39.1 Å². The molecule has 0 radical (unpaired) electrons. The van der Waals surface area contributed by atoms with Crippen LogP contribution in [0.3, 0.4) is 0 Å². The molecule has 1 aromatic rings. The summed E-state index contributed by atoms with van der Waals surface area (Å²) in [4.78, 5) is 2.13. The second kappa shape index (κ2) is 9.90. The molecular weight excluding hydrogens is 266 g/mol. The number of likely N-dealkylation sites (N-methyl/N-ethyl adjacent to an activating group) is 1. The quantitative estimate of drug-likeness (QED) is 0.673. The monoisotopic (exact) mass is 295 g/mol. The number of ether oxygens (including phenoxy) is 2. The first-order chi connectivity index (χ1) is 10.0. The van der Waals surface area contributed by atoms with Crippen molar-refractivity contribution in [3.05, 3.63) is 35.9 Å². The molecule has 21 heavy (non-hydrogen) atoms. The lowest BCUT2D eigenvalue weighted by Gasteiger charge is -2.27. The molecule has 1 aromatic carbocycles. The molecule has 0 spiro atoms. The van der Waals surface area contributed by atoms with Crippen molar-refractivity contribution in [2.75, 3.05) is 33.4 Å². The van der Waals surface area contributed by atoms with Gasteiger partial charge in [0, 0.05) is 12.6 Å². The third-order valence-electron chi connectivity index (χ3n) is 3.43. The SMILES string of the molecule is CC(C)OCCOC[C@H](O)CN(C)[C@@H](C)c1ccccc1. The lowest BCUT2D eigenvalue weighted by molar-refractivity contribution is -0.0193. The smallest absolute Gasteiger partial charge is 0.0900 e. The Morgan fingerprint density at radius 3 is 2.38 bits per heavy atom. The number of hydrogen-bond acceptors (Lipinski definition) is 4. The van der Waals surface area contributed by atoms with Gasteiger partial charge in [-0.3, -0.25) is 4.90 Å². The zero-order valence-electron chi connectivity index (χ0n) is 13.7. The molecule has 2 atom stereocenters. The molecule has 0 aliphatic heterocycles. The first kappa shape index (κ1) is 18.1. The maximum atomic E-state index is 10.0. The Kier molecular flexibility index (Phi) is 8.54.